The van der Waals surface area contributed by atoms with Crippen molar-refractivity contribution in [3.63, 3.8) is 0 Å². The van der Waals surface area contributed by atoms with Crippen LogP contribution in [0.25, 0.3) is 0 Å². The second kappa shape index (κ2) is 5.38. The molecule has 2 unspecified atom stereocenters. The van der Waals surface area contributed by atoms with Gasteiger partial charge in [-0.15, -0.1) is 0 Å². The van der Waals surface area contributed by atoms with Gasteiger partial charge in [0.1, 0.15) is 6.04 Å². The van der Waals surface area contributed by atoms with Crippen LogP contribution < -0.4 is 0 Å². The third-order valence-corrected chi connectivity index (χ3v) is 4.78. The number of carboxylic acid groups (broad SMARTS) is 1. The van der Waals surface area contributed by atoms with Crippen molar-refractivity contribution in [1.29, 1.82) is 0 Å². The number of carboxylic acids is 1. The van der Waals surface area contributed by atoms with Gasteiger partial charge in [-0.3, -0.25) is 9.69 Å². The molecule has 0 aliphatic carbocycles. The molecule has 0 aromatic heterocycles. The summed E-state index contributed by atoms with van der Waals surface area (Å²) in [7, 11) is 2.10. The summed E-state index contributed by atoms with van der Waals surface area (Å²) in [4.78, 5) is 15.8. The van der Waals surface area contributed by atoms with E-state index in [1.54, 1.807) is 0 Å². The average molecular weight is 244 g/mol. The van der Waals surface area contributed by atoms with Gasteiger partial charge >= 0.3 is 5.97 Å². The van der Waals surface area contributed by atoms with E-state index in [1.807, 2.05) is 11.8 Å². The Morgan fingerprint density at radius 2 is 2.06 bits per heavy atom. The maximum Gasteiger partial charge on any atom is 0.321 e. The maximum atomic E-state index is 11.4. The summed E-state index contributed by atoms with van der Waals surface area (Å²) in [6.45, 7) is 3.77. The molecule has 0 aromatic carbocycles. The van der Waals surface area contributed by atoms with Crippen LogP contribution in [0.5, 0.6) is 0 Å². The maximum absolute atomic E-state index is 11.4. The number of hydrogen-bond acceptors (Lipinski definition) is 4. The minimum Gasteiger partial charge on any atom is -0.480 e. The van der Waals surface area contributed by atoms with Crippen molar-refractivity contribution in [2.45, 2.75) is 12.5 Å². The molecule has 0 spiro atoms. The minimum absolute atomic E-state index is 0.247. The first-order chi connectivity index (χ1) is 7.68. The zero-order valence-electron chi connectivity index (χ0n) is 9.76. The first-order valence-electron chi connectivity index (χ1n) is 5.91. The molecule has 2 atom stereocenters. The Kier molecular flexibility index (Phi) is 4.10. The molecule has 2 fully saturated rings. The average Bonchev–Trinajstić information content (AvgIpc) is 2.74. The largest absolute Gasteiger partial charge is 0.480 e. The van der Waals surface area contributed by atoms with E-state index in [4.69, 9.17) is 0 Å². The highest BCUT2D eigenvalue weighted by molar-refractivity contribution is 7.99. The number of rotatable bonds is 3. The van der Waals surface area contributed by atoms with Crippen molar-refractivity contribution >= 4 is 17.7 Å². The lowest BCUT2D eigenvalue weighted by atomic mass is 9.97. The monoisotopic (exact) mass is 244 g/mol. The van der Waals surface area contributed by atoms with Crippen LogP contribution in [0.1, 0.15) is 6.42 Å². The number of carbonyl (C=O) groups is 1. The fraction of sp³-hybridized carbons (Fsp3) is 0.909. The van der Waals surface area contributed by atoms with Crippen LogP contribution in [0, 0.1) is 5.92 Å². The predicted molar refractivity (Wildman–Crippen MR) is 65.9 cm³/mol. The number of aliphatic carboxylic acids is 1. The number of nitrogens with zero attached hydrogens (tertiary/aromatic N) is 2. The van der Waals surface area contributed by atoms with Crippen molar-refractivity contribution in [2.24, 2.45) is 5.92 Å². The van der Waals surface area contributed by atoms with E-state index in [9.17, 15) is 9.90 Å². The van der Waals surface area contributed by atoms with Crippen LogP contribution in [-0.4, -0.2) is 71.6 Å². The molecule has 0 bridgehead atoms. The third kappa shape index (κ3) is 2.70. The lowest BCUT2D eigenvalue weighted by Gasteiger charge is -2.38. The number of piperazine rings is 1. The van der Waals surface area contributed by atoms with Crippen LogP contribution in [0.3, 0.4) is 0 Å². The first kappa shape index (κ1) is 12.2. The second-order valence-electron chi connectivity index (χ2n) is 4.75. The SMILES string of the molecule is CN1CCN(C(C(=O)O)C2CCSC2)CC1. The van der Waals surface area contributed by atoms with Crippen LogP contribution in [-0.2, 0) is 4.79 Å². The summed E-state index contributed by atoms with van der Waals surface area (Å²) in [6.07, 6.45) is 1.06. The molecule has 2 saturated heterocycles. The Bertz CT molecular complexity index is 248. The van der Waals surface area contributed by atoms with Gasteiger partial charge in [-0.1, -0.05) is 0 Å². The van der Waals surface area contributed by atoms with E-state index in [1.165, 1.54) is 0 Å². The molecular formula is C11H20N2O2S. The van der Waals surface area contributed by atoms with E-state index < -0.39 is 5.97 Å². The molecule has 4 nitrogen and oxygen atoms in total. The molecule has 92 valence electrons. The zero-order valence-corrected chi connectivity index (χ0v) is 10.6. The molecule has 0 aromatic rings. The molecule has 2 aliphatic rings. The van der Waals surface area contributed by atoms with Gasteiger partial charge in [0, 0.05) is 26.2 Å². The summed E-state index contributed by atoms with van der Waals surface area (Å²) >= 11 is 1.89. The van der Waals surface area contributed by atoms with E-state index in [2.05, 4.69) is 16.8 Å². The molecule has 1 N–H and O–H groups in total. The number of likely N-dealkylation sites (N-methyl/N-ethyl adjacent to an activating group) is 1. The van der Waals surface area contributed by atoms with Crippen LogP contribution in [0.2, 0.25) is 0 Å². The van der Waals surface area contributed by atoms with Gasteiger partial charge in [-0.05, 0) is 30.9 Å². The summed E-state index contributed by atoms with van der Waals surface area (Å²) in [6, 6.07) is -0.247. The Morgan fingerprint density at radius 3 is 2.56 bits per heavy atom. The van der Waals surface area contributed by atoms with Gasteiger partial charge in [-0.2, -0.15) is 11.8 Å². The van der Waals surface area contributed by atoms with E-state index >= 15 is 0 Å². The van der Waals surface area contributed by atoms with Gasteiger partial charge in [-0.25, -0.2) is 0 Å². The van der Waals surface area contributed by atoms with Gasteiger partial charge < -0.3 is 10.0 Å². The molecule has 16 heavy (non-hydrogen) atoms. The summed E-state index contributed by atoms with van der Waals surface area (Å²) in [5.74, 6) is 1.87. The molecule has 2 rings (SSSR count). The van der Waals surface area contributed by atoms with Crippen LogP contribution in [0.4, 0.5) is 0 Å². The second-order valence-corrected chi connectivity index (χ2v) is 5.90. The molecule has 0 amide bonds. The van der Waals surface area contributed by atoms with Gasteiger partial charge in [0.15, 0.2) is 0 Å². The lowest BCUT2D eigenvalue weighted by molar-refractivity contribution is -0.146. The quantitative estimate of drug-likeness (QED) is 0.780. The molecule has 0 saturated carbocycles. The smallest absolute Gasteiger partial charge is 0.321 e. The first-order valence-corrected chi connectivity index (χ1v) is 7.07. The number of thioether (sulfide) groups is 1. The van der Waals surface area contributed by atoms with Crippen LogP contribution in [0.15, 0.2) is 0 Å². The summed E-state index contributed by atoms with van der Waals surface area (Å²) < 4.78 is 0. The normalized spacial score (nSPS) is 30.4. The third-order valence-electron chi connectivity index (χ3n) is 3.60. The van der Waals surface area contributed by atoms with Gasteiger partial charge in [0.2, 0.25) is 0 Å². The molecule has 0 radical (unpaired) electrons. The molecule has 2 heterocycles. The highest BCUT2D eigenvalue weighted by Gasteiger charge is 2.36. The van der Waals surface area contributed by atoms with Crippen molar-refractivity contribution in [1.82, 2.24) is 9.80 Å². The van der Waals surface area contributed by atoms with Crippen molar-refractivity contribution < 1.29 is 9.90 Å². The van der Waals surface area contributed by atoms with Gasteiger partial charge in [0.25, 0.3) is 0 Å². The van der Waals surface area contributed by atoms with E-state index in [-0.39, 0.29) is 6.04 Å². The van der Waals surface area contributed by atoms with E-state index in [0.29, 0.717) is 5.92 Å². The number of hydrogen-bond donors (Lipinski definition) is 1. The Labute approximate surface area is 101 Å². The lowest BCUT2D eigenvalue weighted by Crippen LogP contribution is -2.54. The standard InChI is InChI=1S/C11H20N2O2S/c1-12-3-5-13(6-4-12)10(11(14)15)9-2-7-16-8-9/h9-10H,2-8H2,1H3,(H,14,15). The summed E-state index contributed by atoms with van der Waals surface area (Å²) in [5, 5.41) is 9.39. The Hall–Kier alpha value is -0.260. The zero-order chi connectivity index (χ0) is 11.5. The minimum atomic E-state index is -0.628. The summed E-state index contributed by atoms with van der Waals surface area (Å²) in [5.41, 5.74) is 0. The van der Waals surface area contributed by atoms with Crippen molar-refractivity contribution in [3.8, 4) is 0 Å². The van der Waals surface area contributed by atoms with Crippen molar-refractivity contribution in [3.05, 3.63) is 0 Å². The Morgan fingerprint density at radius 1 is 1.38 bits per heavy atom. The molecular weight excluding hydrogens is 224 g/mol. The molecule has 2 aliphatic heterocycles. The van der Waals surface area contributed by atoms with Crippen LogP contribution >= 0.6 is 11.8 Å². The van der Waals surface area contributed by atoms with E-state index in [0.717, 1.165) is 44.1 Å². The fourth-order valence-electron chi connectivity index (χ4n) is 2.56. The van der Waals surface area contributed by atoms with Crippen molar-refractivity contribution in [2.75, 3.05) is 44.7 Å². The Balaban J connectivity index is 1.98. The topological polar surface area (TPSA) is 43.8 Å². The van der Waals surface area contributed by atoms with Gasteiger partial charge in [0.05, 0.1) is 0 Å². The molecule has 5 heteroatoms. The highest BCUT2D eigenvalue weighted by Crippen LogP contribution is 2.29. The predicted octanol–water partition coefficient (Wildman–Crippen LogP) is 0.440. The highest BCUT2D eigenvalue weighted by atomic mass is 32.2. The fourth-order valence-corrected chi connectivity index (χ4v) is 3.85.